The van der Waals surface area contributed by atoms with Gasteiger partial charge in [-0.3, -0.25) is 4.79 Å². The highest BCUT2D eigenvalue weighted by Gasteiger charge is 2.29. The van der Waals surface area contributed by atoms with Crippen LogP contribution in [0.5, 0.6) is 0 Å². The number of hydrogen-bond acceptors (Lipinski definition) is 5. The Morgan fingerprint density at radius 1 is 1.31 bits per heavy atom. The van der Waals surface area contributed by atoms with Crippen LogP contribution in [0.1, 0.15) is 48.9 Å². The first kappa shape index (κ1) is 17.1. The molecular formula is C19H22FN3O3. The summed E-state index contributed by atoms with van der Waals surface area (Å²) >= 11 is 0. The van der Waals surface area contributed by atoms with E-state index in [4.69, 9.17) is 9.26 Å². The lowest BCUT2D eigenvalue weighted by Crippen LogP contribution is -2.43. The quantitative estimate of drug-likeness (QED) is 0.793. The fraction of sp³-hybridized carbons (Fsp3) is 0.526. The van der Waals surface area contributed by atoms with E-state index in [2.05, 4.69) is 10.1 Å². The van der Waals surface area contributed by atoms with E-state index >= 15 is 0 Å². The van der Waals surface area contributed by atoms with Crippen LogP contribution in [-0.2, 0) is 22.6 Å². The highest BCUT2D eigenvalue weighted by atomic mass is 19.1. The molecule has 0 radical (unpaired) electrons. The van der Waals surface area contributed by atoms with Crippen LogP contribution in [0.4, 0.5) is 4.39 Å². The van der Waals surface area contributed by atoms with E-state index in [9.17, 15) is 9.18 Å². The largest absolute Gasteiger partial charge is 0.367 e. The lowest BCUT2D eigenvalue weighted by atomic mass is 10.1. The van der Waals surface area contributed by atoms with E-state index in [1.807, 2.05) is 0 Å². The van der Waals surface area contributed by atoms with Gasteiger partial charge >= 0.3 is 0 Å². The molecule has 2 fully saturated rings. The predicted octanol–water partition coefficient (Wildman–Crippen LogP) is 2.84. The number of nitrogens with zero attached hydrogens (tertiary/aromatic N) is 3. The summed E-state index contributed by atoms with van der Waals surface area (Å²) < 4.78 is 24.8. The molecule has 0 N–H and O–H groups in total. The van der Waals surface area contributed by atoms with Crippen LogP contribution >= 0.6 is 0 Å². The normalized spacial score (nSPS) is 20.3. The van der Waals surface area contributed by atoms with Crippen LogP contribution < -0.4 is 0 Å². The Balaban J connectivity index is 1.29. The molecule has 2 aromatic rings. The smallest absolute Gasteiger partial charge is 0.252 e. The third-order valence-electron chi connectivity index (χ3n) is 4.90. The molecule has 0 bridgehead atoms. The number of likely N-dealkylation sites (tertiary alicyclic amines) is 1. The van der Waals surface area contributed by atoms with Crippen molar-refractivity contribution in [2.24, 2.45) is 0 Å². The molecule has 26 heavy (non-hydrogen) atoms. The molecule has 1 aromatic carbocycles. The Bertz CT molecular complexity index is 775. The van der Waals surface area contributed by atoms with Gasteiger partial charge in [0.15, 0.2) is 5.82 Å². The Morgan fingerprint density at radius 3 is 2.96 bits per heavy atom. The van der Waals surface area contributed by atoms with Crippen molar-refractivity contribution in [2.45, 2.75) is 50.7 Å². The van der Waals surface area contributed by atoms with Gasteiger partial charge < -0.3 is 14.2 Å². The van der Waals surface area contributed by atoms with Crippen molar-refractivity contribution in [1.82, 2.24) is 15.0 Å². The molecule has 2 aliphatic rings. The van der Waals surface area contributed by atoms with Crippen LogP contribution in [0.3, 0.4) is 0 Å². The Morgan fingerprint density at radius 2 is 2.15 bits per heavy atom. The van der Waals surface area contributed by atoms with Gasteiger partial charge in [0.05, 0.1) is 12.5 Å². The summed E-state index contributed by atoms with van der Waals surface area (Å²) in [6.07, 6.45) is 4.01. The minimum absolute atomic E-state index is 0.0652. The van der Waals surface area contributed by atoms with E-state index in [0.29, 0.717) is 30.5 Å². The van der Waals surface area contributed by atoms with Gasteiger partial charge in [0.1, 0.15) is 12.4 Å². The van der Waals surface area contributed by atoms with Crippen LogP contribution in [-0.4, -0.2) is 40.1 Å². The summed E-state index contributed by atoms with van der Waals surface area (Å²) in [6.45, 7) is 1.45. The summed E-state index contributed by atoms with van der Waals surface area (Å²) in [5, 5.41) is 3.97. The number of halogens is 1. The minimum atomic E-state index is -0.339. The van der Waals surface area contributed by atoms with Crippen molar-refractivity contribution in [3.05, 3.63) is 47.4 Å². The number of amides is 1. The molecule has 1 saturated carbocycles. The van der Waals surface area contributed by atoms with Gasteiger partial charge in [-0.25, -0.2) is 4.39 Å². The first-order valence-corrected chi connectivity index (χ1v) is 9.14. The highest BCUT2D eigenvalue weighted by molar-refractivity contribution is 5.79. The maximum Gasteiger partial charge on any atom is 0.252 e. The Labute approximate surface area is 151 Å². The molecule has 0 unspecified atom stereocenters. The Hall–Kier alpha value is -2.28. The molecule has 1 aliphatic heterocycles. The molecule has 0 spiro atoms. The summed E-state index contributed by atoms with van der Waals surface area (Å²) in [4.78, 5) is 18.6. The van der Waals surface area contributed by atoms with Gasteiger partial charge in [-0.05, 0) is 37.3 Å². The maximum absolute atomic E-state index is 13.7. The second-order valence-corrected chi connectivity index (χ2v) is 7.00. The summed E-state index contributed by atoms with van der Waals surface area (Å²) in [6, 6.07) is 6.40. The van der Waals surface area contributed by atoms with Crippen molar-refractivity contribution >= 4 is 5.91 Å². The minimum Gasteiger partial charge on any atom is -0.367 e. The van der Waals surface area contributed by atoms with Gasteiger partial charge in [0.2, 0.25) is 5.91 Å². The highest BCUT2D eigenvalue weighted by Crippen LogP contribution is 2.38. The Kier molecular flexibility index (Phi) is 4.97. The number of carbonyl (C=O) groups excluding carboxylic acids is 1. The number of ether oxygens (including phenoxy) is 1. The lowest BCUT2D eigenvalue weighted by molar-refractivity contribution is -0.135. The van der Waals surface area contributed by atoms with Crippen LogP contribution in [0.15, 0.2) is 28.8 Å². The van der Waals surface area contributed by atoms with Crippen LogP contribution in [0.2, 0.25) is 0 Å². The second kappa shape index (κ2) is 7.53. The summed E-state index contributed by atoms with van der Waals surface area (Å²) in [5.41, 5.74) is 0.430. The van der Waals surface area contributed by atoms with Crippen molar-refractivity contribution in [2.75, 3.05) is 13.1 Å². The molecule has 6 nitrogen and oxygen atoms in total. The van der Waals surface area contributed by atoms with E-state index in [1.165, 1.54) is 6.07 Å². The zero-order valence-corrected chi connectivity index (χ0v) is 14.6. The molecule has 1 aromatic heterocycles. The van der Waals surface area contributed by atoms with Gasteiger partial charge in [-0.2, -0.15) is 4.98 Å². The molecule has 7 heteroatoms. The topological polar surface area (TPSA) is 68.5 Å². The predicted molar refractivity (Wildman–Crippen MR) is 90.8 cm³/mol. The van der Waals surface area contributed by atoms with Crippen molar-refractivity contribution < 1.29 is 18.4 Å². The summed E-state index contributed by atoms with van der Waals surface area (Å²) in [7, 11) is 0. The number of hydrogen-bond donors (Lipinski definition) is 0. The monoisotopic (exact) mass is 359 g/mol. The number of carbonyl (C=O) groups is 1. The van der Waals surface area contributed by atoms with Gasteiger partial charge in [-0.1, -0.05) is 23.4 Å². The van der Waals surface area contributed by atoms with Crippen molar-refractivity contribution in [1.29, 1.82) is 0 Å². The van der Waals surface area contributed by atoms with Crippen LogP contribution in [0.25, 0.3) is 0 Å². The average molecular weight is 359 g/mol. The molecular weight excluding hydrogens is 337 g/mol. The third-order valence-corrected chi connectivity index (χ3v) is 4.90. The fourth-order valence-corrected chi connectivity index (χ4v) is 3.24. The van der Waals surface area contributed by atoms with Crippen molar-refractivity contribution in [3.63, 3.8) is 0 Å². The molecule has 2 heterocycles. The summed E-state index contributed by atoms with van der Waals surface area (Å²) in [5.74, 6) is 1.30. The second-order valence-electron chi connectivity index (χ2n) is 7.00. The standard InChI is InChI=1S/C19H22FN3O3/c20-16-6-2-1-4-14(16)10-18(24)23-9-3-5-15(11-23)25-12-17-21-19(22-26-17)13-7-8-13/h1-2,4,6,13,15H,3,5,7-12H2/t15-/m1/s1. The van der Waals surface area contributed by atoms with Crippen molar-refractivity contribution in [3.8, 4) is 0 Å². The van der Waals surface area contributed by atoms with Gasteiger partial charge in [0, 0.05) is 19.0 Å². The lowest BCUT2D eigenvalue weighted by Gasteiger charge is -2.32. The zero-order valence-electron chi connectivity index (χ0n) is 14.6. The molecule has 1 amide bonds. The number of rotatable bonds is 6. The molecule has 1 atom stereocenters. The molecule has 1 saturated heterocycles. The SMILES string of the molecule is O=C(Cc1ccccc1F)N1CCC[C@@H](OCc2nc(C3CC3)no2)C1. The third kappa shape index (κ3) is 4.09. The molecule has 1 aliphatic carbocycles. The number of benzene rings is 1. The maximum atomic E-state index is 13.7. The van der Waals surface area contributed by atoms with Gasteiger partial charge in [0.25, 0.3) is 5.89 Å². The number of piperidine rings is 1. The molecule has 138 valence electrons. The fourth-order valence-electron chi connectivity index (χ4n) is 3.24. The van der Waals surface area contributed by atoms with Gasteiger partial charge in [-0.15, -0.1) is 0 Å². The van der Waals surface area contributed by atoms with E-state index < -0.39 is 0 Å². The average Bonchev–Trinajstić information content (AvgIpc) is 3.40. The number of aromatic nitrogens is 2. The molecule has 4 rings (SSSR count). The van der Waals surface area contributed by atoms with E-state index in [-0.39, 0.29) is 30.9 Å². The first-order chi connectivity index (χ1) is 12.7. The first-order valence-electron chi connectivity index (χ1n) is 9.14. The van der Waals surface area contributed by atoms with E-state index in [0.717, 1.165) is 31.5 Å². The van der Waals surface area contributed by atoms with Crippen LogP contribution in [0, 0.1) is 5.82 Å². The van der Waals surface area contributed by atoms with E-state index in [1.54, 1.807) is 23.1 Å². The zero-order chi connectivity index (χ0) is 17.9.